The maximum absolute atomic E-state index is 5.91. The highest BCUT2D eigenvalue weighted by molar-refractivity contribution is 5.43. The zero-order chi connectivity index (χ0) is 31.7. The SMILES string of the molecule is CCCCCc1cc(CCCCCCCc2ccc(Cc3ccc(N)cc3)c(CCCCC)c2)ccc1Cc1ccc(N)cc1. The Morgan fingerprint density at radius 3 is 1.11 bits per heavy atom. The number of hydrogen-bond donors (Lipinski definition) is 2. The van der Waals surface area contributed by atoms with Crippen molar-refractivity contribution in [1.29, 1.82) is 0 Å². The van der Waals surface area contributed by atoms with E-state index < -0.39 is 0 Å². The first kappa shape index (κ1) is 34.4. The van der Waals surface area contributed by atoms with E-state index >= 15 is 0 Å². The van der Waals surface area contributed by atoms with Crippen LogP contribution < -0.4 is 11.5 Å². The molecular weight excluding hydrogens is 544 g/mol. The second-order valence-electron chi connectivity index (χ2n) is 13.2. The van der Waals surface area contributed by atoms with Gasteiger partial charge in [0.25, 0.3) is 0 Å². The number of nitrogens with two attached hydrogens (primary N) is 2. The summed E-state index contributed by atoms with van der Waals surface area (Å²) in [4.78, 5) is 0. The fourth-order valence-corrected chi connectivity index (χ4v) is 6.51. The summed E-state index contributed by atoms with van der Waals surface area (Å²) in [6, 6.07) is 31.3. The van der Waals surface area contributed by atoms with E-state index in [0.717, 1.165) is 24.2 Å². The largest absolute Gasteiger partial charge is 0.399 e. The third-order valence-corrected chi connectivity index (χ3v) is 9.32. The second kappa shape index (κ2) is 19.1. The van der Waals surface area contributed by atoms with Crippen molar-refractivity contribution in [3.63, 3.8) is 0 Å². The van der Waals surface area contributed by atoms with E-state index in [1.807, 2.05) is 24.3 Å². The van der Waals surface area contributed by atoms with E-state index in [1.165, 1.54) is 130 Å². The molecule has 0 bridgehead atoms. The molecule has 0 saturated heterocycles. The summed E-state index contributed by atoms with van der Waals surface area (Å²) in [6.07, 6.45) is 21.0. The Hall–Kier alpha value is -3.52. The molecule has 0 spiro atoms. The van der Waals surface area contributed by atoms with Crippen LogP contribution in [0.1, 0.15) is 129 Å². The topological polar surface area (TPSA) is 52.0 Å². The van der Waals surface area contributed by atoms with Crippen molar-refractivity contribution in [2.24, 2.45) is 0 Å². The number of benzene rings is 4. The highest BCUT2D eigenvalue weighted by Gasteiger charge is 2.08. The van der Waals surface area contributed by atoms with Crippen molar-refractivity contribution in [2.75, 3.05) is 11.5 Å². The van der Waals surface area contributed by atoms with E-state index in [0.29, 0.717) is 0 Å². The number of nitrogen functional groups attached to an aromatic ring is 2. The fraction of sp³-hybridized carbons (Fsp3) is 0.442. The fourth-order valence-electron chi connectivity index (χ4n) is 6.51. The van der Waals surface area contributed by atoms with E-state index in [-0.39, 0.29) is 0 Å². The molecule has 0 heterocycles. The molecular formula is C43H58N2. The summed E-state index contributed by atoms with van der Waals surface area (Å²) in [6.45, 7) is 4.58. The number of aryl methyl sites for hydroxylation is 4. The Morgan fingerprint density at radius 1 is 0.356 bits per heavy atom. The molecule has 0 radical (unpaired) electrons. The summed E-state index contributed by atoms with van der Waals surface area (Å²) >= 11 is 0. The van der Waals surface area contributed by atoms with Crippen LogP contribution in [0.2, 0.25) is 0 Å². The monoisotopic (exact) mass is 602 g/mol. The van der Waals surface area contributed by atoms with Crippen molar-refractivity contribution in [1.82, 2.24) is 0 Å². The molecule has 0 aliphatic heterocycles. The van der Waals surface area contributed by atoms with Gasteiger partial charge in [0.05, 0.1) is 0 Å². The molecule has 4 aromatic rings. The molecule has 4 aromatic carbocycles. The van der Waals surface area contributed by atoms with Gasteiger partial charge >= 0.3 is 0 Å². The van der Waals surface area contributed by atoms with Gasteiger partial charge in [-0.3, -0.25) is 0 Å². The van der Waals surface area contributed by atoms with Crippen LogP contribution in [0, 0.1) is 0 Å². The summed E-state index contributed by atoms with van der Waals surface area (Å²) in [7, 11) is 0. The molecule has 0 aliphatic rings. The summed E-state index contributed by atoms with van der Waals surface area (Å²) in [5.41, 5.74) is 25.3. The van der Waals surface area contributed by atoms with Crippen LogP contribution in [-0.4, -0.2) is 0 Å². The molecule has 0 atom stereocenters. The molecule has 2 nitrogen and oxygen atoms in total. The van der Waals surface area contributed by atoms with E-state index in [4.69, 9.17) is 11.5 Å². The van der Waals surface area contributed by atoms with Gasteiger partial charge in [0.1, 0.15) is 0 Å². The zero-order valence-corrected chi connectivity index (χ0v) is 28.3. The molecule has 45 heavy (non-hydrogen) atoms. The van der Waals surface area contributed by atoms with E-state index in [2.05, 4.69) is 74.5 Å². The van der Waals surface area contributed by atoms with Crippen LogP contribution >= 0.6 is 0 Å². The predicted octanol–water partition coefficient (Wildman–Crippen LogP) is 11.2. The van der Waals surface area contributed by atoms with Gasteiger partial charge in [-0.05, 0) is 133 Å². The average Bonchev–Trinajstić information content (AvgIpc) is 3.05. The first-order valence-electron chi connectivity index (χ1n) is 17.9. The standard InChI is InChI=1S/C43H58N2/c1-3-5-10-16-38-30-34(18-24-40(38)32-36-20-26-42(44)27-21-36)14-12-8-7-9-13-15-35-19-25-41(39(31-35)17-11-6-4-2)33-37-22-28-43(45)29-23-37/h18-31H,3-17,32-33,44-45H2,1-2H3. The Kier molecular flexibility index (Phi) is 14.6. The van der Waals surface area contributed by atoms with Crippen LogP contribution in [0.5, 0.6) is 0 Å². The molecule has 4 N–H and O–H groups in total. The average molecular weight is 603 g/mol. The molecule has 0 unspecified atom stereocenters. The zero-order valence-electron chi connectivity index (χ0n) is 28.3. The highest BCUT2D eigenvalue weighted by atomic mass is 14.5. The van der Waals surface area contributed by atoms with Crippen LogP contribution in [-0.2, 0) is 38.5 Å². The van der Waals surface area contributed by atoms with Crippen molar-refractivity contribution in [3.8, 4) is 0 Å². The quantitative estimate of drug-likeness (QED) is 0.0781. The molecule has 0 aliphatic carbocycles. The summed E-state index contributed by atoms with van der Waals surface area (Å²) in [5, 5.41) is 0. The lowest BCUT2D eigenvalue weighted by atomic mass is 9.92. The lowest BCUT2D eigenvalue weighted by molar-refractivity contribution is 0.613. The van der Waals surface area contributed by atoms with Crippen LogP contribution in [0.25, 0.3) is 0 Å². The molecule has 4 rings (SSSR count). The summed E-state index contributed by atoms with van der Waals surface area (Å²) < 4.78 is 0. The van der Waals surface area contributed by atoms with Crippen LogP contribution in [0.3, 0.4) is 0 Å². The first-order valence-corrected chi connectivity index (χ1v) is 17.9. The molecule has 0 saturated carbocycles. The van der Waals surface area contributed by atoms with Crippen molar-refractivity contribution in [3.05, 3.63) is 129 Å². The minimum Gasteiger partial charge on any atom is -0.399 e. The maximum atomic E-state index is 5.91. The number of rotatable bonds is 20. The smallest absolute Gasteiger partial charge is 0.0314 e. The molecule has 0 amide bonds. The van der Waals surface area contributed by atoms with Gasteiger partial charge in [-0.1, -0.05) is 119 Å². The first-order chi connectivity index (χ1) is 22.0. The van der Waals surface area contributed by atoms with Gasteiger partial charge in [0.2, 0.25) is 0 Å². The predicted molar refractivity (Wildman–Crippen MR) is 197 cm³/mol. The Bertz CT molecular complexity index is 1290. The second-order valence-corrected chi connectivity index (χ2v) is 13.2. The molecule has 240 valence electrons. The minimum atomic E-state index is 0.837. The summed E-state index contributed by atoms with van der Waals surface area (Å²) in [5.74, 6) is 0. The van der Waals surface area contributed by atoms with Crippen LogP contribution in [0.4, 0.5) is 11.4 Å². The van der Waals surface area contributed by atoms with Crippen molar-refractivity contribution in [2.45, 2.75) is 123 Å². The van der Waals surface area contributed by atoms with Crippen molar-refractivity contribution >= 4 is 11.4 Å². The number of hydrogen-bond acceptors (Lipinski definition) is 2. The third kappa shape index (κ3) is 12.1. The van der Waals surface area contributed by atoms with Gasteiger partial charge in [0.15, 0.2) is 0 Å². The molecule has 0 aromatic heterocycles. The van der Waals surface area contributed by atoms with Crippen LogP contribution in [0.15, 0.2) is 84.9 Å². The Balaban J connectivity index is 1.23. The van der Waals surface area contributed by atoms with Gasteiger partial charge in [0, 0.05) is 11.4 Å². The molecule has 2 heteroatoms. The lowest BCUT2D eigenvalue weighted by Gasteiger charge is -2.13. The minimum absolute atomic E-state index is 0.837. The normalized spacial score (nSPS) is 11.2. The number of unbranched alkanes of at least 4 members (excludes halogenated alkanes) is 8. The highest BCUT2D eigenvalue weighted by Crippen LogP contribution is 2.23. The third-order valence-electron chi connectivity index (χ3n) is 9.32. The van der Waals surface area contributed by atoms with Gasteiger partial charge in [-0.15, -0.1) is 0 Å². The van der Waals surface area contributed by atoms with E-state index in [9.17, 15) is 0 Å². The van der Waals surface area contributed by atoms with Crippen molar-refractivity contribution < 1.29 is 0 Å². The van der Waals surface area contributed by atoms with Gasteiger partial charge in [-0.2, -0.15) is 0 Å². The Labute approximate surface area is 274 Å². The maximum Gasteiger partial charge on any atom is 0.0314 e. The lowest BCUT2D eigenvalue weighted by Crippen LogP contribution is -1.99. The van der Waals surface area contributed by atoms with Gasteiger partial charge < -0.3 is 11.5 Å². The van der Waals surface area contributed by atoms with Gasteiger partial charge in [-0.25, -0.2) is 0 Å². The Morgan fingerprint density at radius 2 is 0.711 bits per heavy atom. The van der Waals surface area contributed by atoms with E-state index in [1.54, 1.807) is 11.1 Å². The number of anilines is 2. The molecule has 0 fully saturated rings.